The van der Waals surface area contributed by atoms with Gasteiger partial charge < -0.3 is 15.3 Å². The van der Waals surface area contributed by atoms with Gasteiger partial charge in [-0.3, -0.25) is 14.1 Å². The molecule has 1 aliphatic rings. The Bertz CT molecular complexity index is 1670. The smallest absolute Gasteiger partial charge is 0.407 e. The highest BCUT2D eigenvalue weighted by molar-refractivity contribution is 7.92. The number of carbonyl (C=O) groups is 1. The van der Waals surface area contributed by atoms with Gasteiger partial charge in [0.1, 0.15) is 23.2 Å². The lowest BCUT2D eigenvalue weighted by atomic mass is 10.0. The fourth-order valence-corrected chi connectivity index (χ4v) is 5.54. The quantitative estimate of drug-likeness (QED) is 0.319. The number of fused-ring (bicyclic) bond motifs is 1. The zero-order valence-corrected chi connectivity index (χ0v) is 23.0. The summed E-state index contributed by atoms with van der Waals surface area (Å²) in [7, 11) is -4.51. The van der Waals surface area contributed by atoms with E-state index in [1.165, 1.54) is 16.8 Å². The number of sulfonamides is 1. The normalized spacial score (nSPS) is 18.0. The predicted molar refractivity (Wildman–Crippen MR) is 142 cm³/mol. The Hall–Kier alpha value is -4.09. The highest BCUT2D eigenvalue weighted by Gasteiger charge is 2.31. The number of nitrogens with zero attached hydrogens (tertiary/aromatic N) is 5. The first kappa shape index (κ1) is 30.9. The summed E-state index contributed by atoms with van der Waals surface area (Å²) in [4.78, 5) is 38.4. The van der Waals surface area contributed by atoms with Crippen molar-refractivity contribution < 1.29 is 40.3 Å². The van der Waals surface area contributed by atoms with E-state index in [0.29, 0.717) is 0 Å². The second-order valence-electron chi connectivity index (χ2n) is 9.97. The van der Waals surface area contributed by atoms with Crippen molar-refractivity contribution >= 4 is 38.9 Å². The van der Waals surface area contributed by atoms with Gasteiger partial charge >= 0.3 is 12.3 Å². The molecule has 3 N–H and O–H groups in total. The Morgan fingerprint density at radius 3 is 2.55 bits per heavy atom. The summed E-state index contributed by atoms with van der Waals surface area (Å²) in [6.07, 6.45) is -7.71. The zero-order valence-electron chi connectivity index (χ0n) is 22.2. The Kier molecular flexibility index (Phi) is 8.56. The largest absolute Gasteiger partial charge is 0.465 e. The molecule has 2 atom stereocenters. The first-order chi connectivity index (χ1) is 19.5. The molecular formula is C24H26F5N7O5S. The second kappa shape index (κ2) is 11.7. The molecular weight excluding hydrogens is 593 g/mol. The van der Waals surface area contributed by atoms with E-state index in [9.17, 15) is 45.1 Å². The molecule has 0 unspecified atom stereocenters. The van der Waals surface area contributed by atoms with Crippen LogP contribution >= 0.6 is 0 Å². The molecule has 0 saturated carbocycles. The zero-order chi connectivity index (χ0) is 31.0. The molecule has 2 aromatic heterocycles. The van der Waals surface area contributed by atoms with Gasteiger partial charge in [0.05, 0.1) is 30.6 Å². The summed E-state index contributed by atoms with van der Waals surface area (Å²) in [5, 5.41) is 12.1. The van der Waals surface area contributed by atoms with E-state index in [4.69, 9.17) is 0 Å². The summed E-state index contributed by atoms with van der Waals surface area (Å²) < 4.78 is 93.2. The van der Waals surface area contributed by atoms with Gasteiger partial charge in [0.15, 0.2) is 5.65 Å². The van der Waals surface area contributed by atoms with Gasteiger partial charge in [-0.1, -0.05) is 6.07 Å². The van der Waals surface area contributed by atoms with E-state index in [-0.39, 0.29) is 47.9 Å². The number of alkyl halides is 4. The van der Waals surface area contributed by atoms with Gasteiger partial charge in [-0.25, -0.2) is 32.0 Å². The number of likely N-dealkylation sites (tertiary alicyclic amines) is 1. The topological polar surface area (TPSA) is 159 Å². The number of nitrogens with one attached hydrogen (secondary N) is 2. The third-order valence-electron chi connectivity index (χ3n) is 6.31. The number of aromatic nitrogens is 4. The van der Waals surface area contributed by atoms with Crippen LogP contribution in [0.3, 0.4) is 0 Å². The summed E-state index contributed by atoms with van der Waals surface area (Å²) in [6.45, 7) is 3.10. The van der Waals surface area contributed by atoms with E-state index < -0.39 is 69.8 Å². The number of amides is 1. The molecule has 0 radical (unpaired) electrons. The predicted octanol–water partition coefficient (Wildman–Crippen LogP) is 3.77. The highest BCUT2D eigenvalue weighted by atomic mass is 32.2. The molecule has 3 aromatic rings. The van der Waals surface area contributed by atoms with E-state index in [2.05, 4.69) is 20.3 Å². The van der Waals surface area contributed by atoms with Gasteiger partial charge in [-0.2, -0.15) is 18.2 Å². The third-order valence-corrected chi connectivity index (χ3v) is 7.59. The third kappa shape index (κ3) is 7.21. The van der Waals surface area contributed by atoms with Crippen LogP contribution in [0.1, 0.15) is 32.7 Å². The SMILES string of the molecule is CC(C)n1c(=O)c(-c2ccc(NS(=O)(=O)CCC(F)(F)F)c(F)c2)nc2cnc(N[C@H]3C[C@H](F)CN(C(=O)O)C3)nc21. The molecule has 0 bridgehead atoms. The van der Waals surface area contributed by atoms with Crippen LogP contribution in [0.25, 0.3) is 22.4 Å². The molecule has 1 amide bonds. The molecule has 1 fully saturated rings. The summed E-state index contributed by atoms with van der Waals surface area (Å²) >= 11 is 0. The molecule has 1 saturated heterocycles. The first-order valence-corrected chi connectivity index (χ1v) is 14.2. The molecule has 0 spiro atoms. The molecule has 228 valence electrons. The van der Waals surface area contributed by atoms with Gasteiger partial charge in [0, 0.05) is 30.6 Å². The van der Waals surface area contributed by atoms with Crippen molar-refractivity contribution in [2.45, 2.75) is 51.1 Å². The fraction of sp³-hybridized carbons (Fsp3) is 0.458. The van der Waals surface area contributed by atoms with Gasteiger partial charge in [0.2, 0.25) is 16.0 Å². The first-order valence-electron chi connectivity index (χ1n) is 12.6. The van der Waals surface area contributed by atoms with E-state index in [1.807, 2.05) is 0 Å². The Morgan fingerprint density at radius 2 is 1.93 bits per heavy atom. The second-order valence-corrected chi connectivity index (χ2v) is 11.8. The Morgan fingerprint density at radius 1 is 1.21 bits per heavy atom. The molecule has 3 heterocycles. The van der Waals surface area contributed by atoms with Crippen LogP contribution in [0.15, 0.2) is 29.2 Å². The van der Waals surface area contributed by atoms with E-state index in [1.54, 1.807) is 18.6 Å². The lowest BCUT2D eigenvalue weighted by Gasteiger charge is -2.33. The molecule has 1 aromatic carbocycles. The van der Waals surface area contributed by atoms with Crippen molar-refractivity contribution in [1.82, 2.24) is 24.4 Å². The molecule has 4 rings (SSSR count). The van der Waals surface area contributed by atoms with Gasteiger partial charge in [-0.05, 0) is 26.0 Å². The Labute approximate surface area is 235 Å². The van der Waals surface area contributed by atoms with Crippen molar-refractivity contribution in [2.24, 2.45) is 0 Å². The van der Waals surface area contributed by atoms with Crippen molar-refractivity contribution in [3.05, 3.63) is 40.6 Å². The van der Waals surface area contributed by atoms with Crippen LogP contribution in [0, 0.1) is 5.82 Å². The summed E-state index contributed by atoms with van der Waals surface area (Å²) in [5.74, 6) is -2.44. The standard InChI is InChI=1S/C24H26F5N7O5S/c1-12(2)36-20-18(9-30-22(33-20)31-15-8-14(25)10-35(11-15)23(38)39)32-19(21(36)37)13-3-4-17(16(26)7-13)34-42(40,41)6-5-24(27,28)29/h3-4,7,9,12,14-15,34H,5-6,8,10-11H2,1-2H3,(H,38,39)(H,30,31,33)/t14-,15-/m0/s1. The monoisotopic (exact) mass is 619 g/mol. The maximum atomic E-state index is 14.8. The maximum absolute atomic E-state index is 14.8. The minimum absolute atomic E-state index is 0.00323. The number of carboxylic acid groups (broad SMARTS) is 1. The number of benzene rings is 1. The molecule has 42 heavy (non-hydrogen) atoms. The molecule has 1 aliphatic heterocycles. The average Bonchev–Trinajstić information content (AvgIpc) is 2.87. The van der Waals surface area contributed by atoms with Crippen molar-refractivity contribution in [3.63, 3.8) is 0 Å². The minimum Gasteiger partial charge on any atom is -0.465 e. The van der Waals surface area contributed by atoms with Gasteiger partial charge in [0.25, 0.3) is 5.56 Å². The van der Waals surface area contributed by atoms with Crippen LogP contribution < -0.4 is 15.6 Å². The van der Waals surface area contributed by atoms with Gasteiger partial charge in [-0.15, -0.1) is 0 Å². The lowest BCUT2D eigenvalue weighted by molar-refractivity contribution is -0.129. The average molecular weight is 620 g/mol. The number of piperidine rings is 1. The number of anilines is 2. The summed E-state index contributed by atoms with van der Waals surface area (Å²) in [6, 6.07) is 1.85. The fourth-order valence-electron chi connectivity index (χ4n) is 4.43. The molecule has 12 nitrogen and oxygen atoms in total. The molecule has 18 heteroatoms. The van der Waals surface area contributed by atoms with Crippen LogP contribution in [0.4, 0.5) is 38.4 Å². The van der Waals surface area contributed by atoms with Crippen LogP contribution in [0.5, 0.6) is 0 Å². The van der Waals surface area contributed by atoms with Crippen LogP contribution in [-0.4, -0.2) is 81.3 Å². The highest BCUT2D eigenvalue weighted by Crippen LogP contribution is 2.26. The van der Waals surface area contributed by atoms with Crippen LogP contribution in [0.2, 0.25) is 0 Å². The van der Waals surface area contributed by atoms with Crippen molar-refractivity contribution in [2.75, 3.05) is 28.9 Å². The van der Waals surface area contributed by atoms with Crippen molar-refractivity contribution in [3.8, 4) is 11.3 Å². The number of halogens is 5. The maximum Gasteiger partial charge on any atom is 0.407 e. The number of rotatable bonds is 8. The summed E-state index contributed by atoms with van der Waals surface area (Å²) in [5.41, 5.74) is -1.34. The van der Waals surface area contributed by atoms with E-state index in [0.717, 1.165) is 17.0 Å². The minimum atomic E-state index is -4.72. The molecule has 0 aliphatic carbocycles. The van der Waals surface area contributed by atoms with Crippen LogP contribution in [-0.2, 0) is 10.0 Å². The Balaban J connectivity index is 1.65. The van der Waals surface area contributed by atoms with E-state index >= 15 is 0 Å². The number of hydrogen-bond donors (Lipinski definition) is 3. The van der Waals surface area contributed by atoms with Crippen molar-refractivity contribution in [1.29, 1.82) is 0 Å². The number of hydrogen-bond acceptors (Lipinski definition) is 8. The lowest BCUT2D eigenvalue weighted by Crippen LogP contribution is -2.49.